The highest BCUT2D eigenvalue weighted by atomic mass is 16.5. The largest absolute Gasteiger partial charge is 0.507 e. The van der Waals surface area contributed by atoms with E-state index < -0.39 is 17.3 Å². The van der Waals surface area contributed by atoms with Crippen molar-refractivity contribution in [1.29, 1.82) is 0 Å². The molecule has 0 saturated heterocycles. The molecule has 0 spiro atoms. The van der Waals surface area contributed by atoms with E-state index in [0.717, 1.165) is 11.3 Å². The SMILES string of the molecule is COc1ccc(-c2coc3c4c(cc(O)c3c2=O)OC(=O)CC4c2ccc(OCC(C)C)cc2)cc1OC. The van der Waals surface area contributed by atoms with Gasteiger partial charge in [0.25, 0.3) is 0 Å². The van der Waals surface area contributed by atoms with E-state index in [-0.39, 0.29) is 34.5 Å². The maximum absolute atomic E-state index is 13.7. The number of aromatic hydroxyl groups is 1. The van der Waals surface area contributed by atoms with Gasteiger partial charge in [0, 0.05) is 17.5 Å². The Morgan fingerprint density at radius 2 is 1.74 bits per heavy atom. The highest BCUT2D eigenvalue weighted by Crippen LogP contribution is 2.46. The molecular weight excluding hydrogens is 488 g/mol. The summed E-state index contributed by atoms with van der Waals surface area (Å²) in [7, 11) is 3.03. The number of carbonyl (C=O) groups is 1. The second kappa shape index (κ2) is 10.1. The van der Waals surface area contributed by atoms with Gasteiger partial charge in [-0.05, 0) is 41.3 Å². The number of hydrogen-bond donors (Lipinski definition) is 1. The number of benzene rings is 3. The zero-order chi connectivity index (χ0) is 27.0. The number of phenols is 1. The Labute approximate surface area is 219 Å². The van der Waals surface area contributed by atoms with E-state index in [2.05, 4.69) is 13.8 Å². The van der Waals surface area contributed by atoms with Crippen LogP contribution in [0.15, 0.2) is 64.0 Å². The molecule has 0 aliphatic carbocycles. The van der Waals surface area contributed by atoms with Crippen LogP contribution in [0, 0.1) is 5.92 Å². The molecule has 8 heteroatoms. The molecule has 3 aromatic carbocycles. The van der Waals surface area contributed by atoms with Crippen LogP contribution in [-0.4, -0.2) is 31.9 Å². The van der Waals surface area contributed by atoms with Crippen LogP contribution < -0.4 is 24.4 Å². The maximum atomic E-state index is 13.7. The van der Waals surface area contributed by atoms with E-state index in [1.54, 1.807) is 18.2 Å². The number of methoxy groups -OCH3 is 2. The molecule has 1 aliphatic heterocycles. The number of carbonyl (C=O) groups excluding carboxylic acids is 1. The van der Waals surface area contributed by atoms with Gasteiger partial charge < -0.3 is 28.5 Å². The molecule has 196 valence electrons. The molecule has 1 atom stereocenters. The third kappa shape index (κ3) is 4.53. The monoisotopic (exact) mass is 516 g/mol. The molecule has 4 aromatic rings. The minimum absolute atomic E-state index is 0.0101. The first kappa shape index (κ1) is 25.2. The molecule has 0 amide bonds. The molecule has 1 N–H and O–H groups in total. The van der Waals surface area contributed by atoms with Crippen LogP contribution in [0.2, 0.25) is 0 Å². The lowest BCUT2D eigenvalue weighted by atomic mass is 9.85. The second-order valence-electron chi connectivity index (χ2n) is 9.56. The molecule has 2 heterocycles. The predicted octanol–water partition coefficient (Wildman–Crippen LogP) is 5.66. The van der Waals surface area contributed by atoms with Gasteiger partial charge >= 0.3 is 5.97 Å². The molecule has 8 nitrogen and oxygen atoms in total. The summed E-state index contributed by atoms with van der Waals surface area (Å²) in [6, 6.07) is 13.8. The summed E-state index contributed by atoms with van der Waals surface area (Å²) < 4.78 is 27.9. The summed E-state index contributed by atoms with van der Waals surface area (Å²) in [5.41, 5.74) is 1.89. The first-order valence-electron chi connectivity index (χ1n) is 12.3. The summed E-state index contributed by atoms with van der Waals surface area (Å²) in [6.45, 7) is 4.74. The average molecular weight is 517 g/mol. The standard InChI is InChI=1S/C30H28O8/c1-16(2)14-36-19-8-5-17(6-9-19)20-12-26(32)38-25-13-22(31)28-29(33)21(15-37-30(28)27(20)25)18-7-10-23(34-3)24(11-18)35-4/h5-11,13,15-16,20,31H,12,14H2,1-4H3. The highest BCUT2D eigenvalue weighted by molar-refractivity contribution is 5.94. The van der Waals surface area contributed by atoms with E-state index in [4.69, 9.17) is 23.4 Å². The lowest BCUT2D eigenvalue weighted by molar-refractivity contribution is -0.135. The Morgan fingerprint density at radius 3 is 2.42 bits per heavy atom. The lowest BCUT2D eigenvalue weighted by Crippen LogP contribution is -2.22. The lowest BCUT2D eigenvalue weighted by Gasteiger charge is -2.26. The van der Waals surface area contributed by atoms with Crippen LogP contribution in [0.1, 0.15) is 37.3 Å². The number of hydrogen-bond acceptors (Lipinski definition) is 8. The van der Waals surface area contributed by atoms with Crippen molar-refractivity contribution in [3.05, 3.63) is 76.1 Å². The topological polar surface area (TPSA) is 104 Å². The second-order valence-corrected chi connectivity index (χ2v) is 9.56. The van der Waals surface area contributed by atoms with Gasteiger partial charge in [0.05, 0.1) is 32.8 Å². The number of fused-ring (bicyclic) bond motifs is 3. The third-order valence-electron chi connectivity index (χ3n) is 6.53. The first-order valence-corrected chi connectivity index (χ1v) is 12.3. The van der Waals surface area contributed by atoms with Crippen molar-refractivity contribution in [2.75, 3.05) is 20.8 Å². The van der Waals surface area contributed by atoms with E-state index in [0.29, 0.717) is 35.2 Å². The molecule has 0 fully saturated rings. The fourth-order valence-electron chi connectivity index (χ4n) is 4.68. The normalized spacial score (nSPS) is 14.8. The van der Waals surface area contributed by atoms with E-state index in [1.807, 2.05) is 24.3 Å². The fraction of sp³-hybridized carbons (Fsp3) is 0.267. The molecular formula is C30H28O8. The molecule has 5 rings (SSSR count). The summed E-state index contributed by atoms with van der Waals surface area (Å²) >= 11 is 0. The smallest absolute Gasteiger partial charge is 0.312 e. The van der Waals surface area contributed by atoms with Gasteiger partial charge in [0.15, 0.2) is 11.5 Å². The Kier molecular flexibility index (Phi) is 6.72. The van der Waals surface area contributed by atoms with E-state index in [1.165, 1.54) is 26.5 Å². The summed E-state index contributed by atoms with van der Waals surface area (Å²) in [5, 5.41) is 10.8. The van der Waals surface area contributed by atoms with Crippen LogP contribution in [0.5, 0.6) is 28.7 Å². The number of rotatable bonds is 7. The average Bonchev–Trinajstić information content (AvgIpc) is 2.91. The van der Waals surface area contributed by atoms with Crippen molar-refractivity contribution in [1.82, 2.24) is 0 Å². The predicted molar refractivity (Wildman–Crippen MR) is 142 cm³/mol. The fourth-order valence-corrected chi connectivity index (χ4v) is 4.68. The maximum Gasteiger partial charge on any atom is 0.312 e. The van der Waals surface area contributed by atoms with Gasteiger partial charge in [0.2, 0.25) is 5.43 Å². The first-order chi connectivity index (χ1) is 18.3. The van der Waals surface area contributed by atoms with Gasteiger partial charge in [-0.15, -0.1) is 0 Å². The number of ether oxygens (including phenoxy) is 4. The van der Waals surface area contributed by atoms with Gasteiger partial charge in [-0.2, -0.15) is 0 Å². The van der Waals surface area contributed by atoms with Crippen molar-refractivity contribution in [2.45, 2.75) is 26.2 Å². The molecule has 38 heavy (non-hydrogen) atoms. The number of phenolic OH excluding ortho intramolecular Hbond substituents is 1. The van der Waals surface area contributed by atoms with Gasteiger partial charge in [-0.25, -0.2) is 0 Å². The van der Waals surface area contributed by atoms with Crippen molar-refractivity contribution in [2.24, 2.45) is 5.92 Å². The van der Waals surface area contributed by atoms with Crippen molar-refractivity contribution in [3.63, 3.8) is 0 Å². The van der Waals surface area contributed by atoms with Gasteiger partial charge in [-0.1, -0.05) is 32.0 Å². The molecule has 0 radical (unpaired) electrons. The third-order valence-corrected chi connectivity index (χ3v) is 6.53. The Morgan fingerprint density at radius 1 is 1.00 bits per heavy atom. The van der Waals surface area contributed by atoms with Gasteiger partial charge in [0.1, 0.15) is 34.5 Å². The minimum Gasteiger partial charge on any atom is -0.507 e. The number of esters is 1. The molecule has 1 aromatic heterocycles. The Bertz CT molecular complexity index is 1570. The molecule has 0 bridgehead atoms. The van der Waals surface area contributed by atoms with E-state index in [9.17, 15) is 14.7 Å². The summed E-state index contributed by atoms with van der Waals surface area (Å²) in [6.07, 6.45) is 1.40. The summed E-state index contributed by atoms with van der Waals surface area (Å²) in [5.74, 6) is 1.03. The zero-order valence-electron chi connectivity index (χ0n) is 21.6. The Hall–Kier alpha value is -4.46. The summed E-state index contributed by atoms with van der Waals surface area (Å²) in [4.78, 5) is 26.1. The van der Waals surface area contributed by atoms with E-state index >= 15 is 0 Å². The quantitative estimate of drug-likeness (QED) is 0.248. The van der Waals surface area contributed by atoms with Crippen molar-refractivity contribution >= 4 is 16.9 Å². The van der Waals surface area contributed by atoms with Crippen molar-refractivity contribution in [3.8, 4) is 39.9 Å². The molecule has 1 unspecified atom stereocenters. The van der Waals surface area contributed by atoms with Crippen LogP contribution in [-0.2, 0) is 4.79 Å². The molecule has 0 saturated carbocycles. The van der Waals surface area contributed by atoms with Crippen LogP contribution in [0.25, 0.3) is 22.1 Å². The van der Waals surface area contributed by atoms with Crippen LogP contribution in [0.4, 0.5) is 0 Å². The van der Waals surface area contributed by atoms with Gasteiger partial charge in [-0.3, -0.25) is 9.59 Å². The Balaban J connectivity index is 1.63. The van der Waals surface area contributed by atoms with Crippen LogP contribution >= 0.6 is 0 Å². The highest BCUT2D eigenvalue weighted by Gasteiger charge is 2.33. The van der Waals surface area contributed by atoms with Crippen molar-refractivity contribution < 1.29 is 33.3 Å². The zero-order valence-corrected chi connectivity index (χ0v) is 21.6. The molecule has 1 aliphatic rings. The van der Waals surface area contributed by atoms with Crippen LogP contribution in [0.3, 0.4) is 0 Å². The minimum atomic E-state index is -0.441.